The van der Waals surface area contributed by atoms with Crippen LogP contribution >= 0.6 is 0 Å². The van der Waals surface area contributed by atoms with Crippen molar-refractivity contribution >= 4 is 22.3 Å². The number of anilines is 2. The van der Waals surface area contributed by atoms with E-state index in [2.05, 4.69) is 15.5 Å². The summed E-state index contributed by atoms with van der Waals surface area (Å²) >= 11 is 0. The first-order valence-electron chi connectivity index (χ1n) is 5.46. The summed E-state index contributed by atoms with van der Waals surface area (Å²) in [5.74, 6) is 0. The normalized spacial score (nSPS) is 10.9. The molecule has 0 aliphatic heterocycles. The number of nitrogen functional groups attached to an aromatic ring is 1. The van der Waals surface area contributed by atoms with Crippen LogP contribution in [0.15, 0.2) is 18.3 Å². The van der Waals surface area contributed by atoms with Gasteiger partial charge >= 0.3 is 0 Å². The molecule has 0 radical (unpaired) electrons. The second-order valence-electron chi connectivity index (χ2n) is 3.66. The number of aromatic amines is 1. The van der Waals surface area contributed by atoms with Crippen molar-refractivity contribution in [2.45, 2.75) is 0 Å². The van der Waals surface area contributed by atoms with Gasteiger partial charge in [0, 0.05) is 11.9 Å². The standard InChI is InChI=1S/C11H16N4O2/c12-9-5-8-7-14-15-10(8)6-11(9)13-1-3-17-4-2-16/h5-7,13,16H,1-4,12H2,(H,14,15). The molecular weight excluding hydrogens is 220 g/mol. The molecule has 2 rings (SSSR count). The van der Waals surface area contributed by atoms with E-state index in [0.29, 0.717) is 25.4 Å². The Morgan fingerprint density at radius 1 is 1.41 bits per heavy atom. The molecule has 0 amide bonds. The molecule has 0 fully saturated rings. The molecule has 1 aromatic heterocycles. The molecule has 1 aromatic carbocycles. The minimum atomic E-state index is 0.0439. The van der Waals surface area contributed by atoms with Gasteiger partial charge in [-0.25, -0.2) is 0 Å². The number of hydrogen-bond donors (Lipinski definition) is 4. The van der Waals surface area contributed by atoms with Crippen LogP contribution in [-0.2, 0) is 4.74 Å². The van der Waals surface area contributed by atoms with Crippen LogP contribution in [0.4, 0.5) is 11.4 Å². The predicted molar refractivity (Wildman–Crippen MR) is 66.9 cm³/mol. The second-order valence-corrected chi connectivity index (χ2v) is 3.66. The van der Waals surface area contributed by atoms with Gasteiger partial charge in [0.15, 0.2) is 0 Å². The van der Waals surface area contributed by atoms with Gasteiger partial charge in [0.2, 0.25) is 0 Å². The Balaban J connectivity index is 1.95. The Morgan fingerprint density at radius 3 is 3.12 bits per heavy atom. The van der Waals surface area contributed by atoms with Crippen LogP contribution in [0.3, 0.4) is 0 Å². The summed E-state index contributed by atoms with van der Waals surface area (Å²) in [6, 6.07) is 3.79. The molecule has 6 heteroatoms. The van der Waals surface area contributed by atoms with Crippen molar-refractivity contribution in [3.63, 3.8) is 0 Å². The Morgan fingerprint density at radius 2 is 2.29 bits per heavy atom. The van der Waals surface area contributed by atoms with Gasteiger partial charge in [-0.15, -0.1) is 0 Å². The van der Waals surface area contributed by atoms with Gasteiger partial charge in [-0.2, -0.15) is 5.10 Å². The van der Waals surface area contributed by atoms with Gasteiger partial charge in [0.05, 0.1) is 42.9 Å². The van der Waals surface area contributed by atoms with Crippen LogP contribution in [0.1, 0.15) is 0 Å². The number of rotatable bonds is 6. The summed E-state index contributed by atoms with van der Waals surface area (Å²) < 4.78 is 5.14. The smallest absolute Gasteiger partial charge is 0.0698 e. The van der Waals surface area contributed by atoms with E-state index in [0.717, 1.165) is 16.6 Å². The van der Waals surface area contributed by atoms with E-state index in [4.69, 9.17) is 15.6 Å². The first kappa shape index (κ1) is 11.7. The average Bonchev–Trinajstić information content (AvgIpc) is 2.76. The zero-order chi connectivity index (χ0) is 12.1. The largest absolute Gasteiger partial charge is 0.397 e. The number of aliphatic hydroxyl groups excluding tert-OH is 1. The molecular formula is C11H16N4O2. The summed E-state index contributed by atoms with van der Waals surface area (Å²) in [5, 5.41) is 19.5. The summed E-state index contributed by atoms with van der Waals surface area (Å²) in [7, 11) is 0. The molecule has 17 heavy (non-hydrogen) atoms. The van der Waals surface area contributed by atoms with Crippen molar-refractivity contribution in [3.05, 3.63) is 18.3 Å². The number of nitrogens with one attached hydrogen (secondary N) is 2. The van der Waals surface area contributed by atoms with Crippen molar-refractivity contribution < 1.29 is 9.84 Å². The average molecular weight is 236 g/mol. The molecule has 0 bridgehead atoms. The third-order valence-electron chi connectivity index (χ3n) is 2.41. The number of aromatic nitrogens is 2. The van der Waals surface area contributed by atoms with Gasteiger partial charge in [-0.1, -0.05) is 0 Å². The number of H-pyrrole nitrogens is 1. The third-order valence-corrected chi connectivity index (χ3v) is 2.41. The Labute approximate surface area is 98.8 Å². The van der Waals surface area contributed by atoms with E-state index in [-0.39, 0.29) is 6.61 Å². The molecule has 92 valence electrons. The van der Waals surface area contributed by atoms with Crippen LogP contribution in [-0.4, -0.2) is 41.7 Å². The van der Waals surface area contributed by atoms with Crippen LogP contribution < -0.4 is 11.1 Å². The first-order valence-corrected chi connectivity index (χ1v) is 5.46. The SMILES string of the molecule is Nc1cc2cn[nH]c2cc1NCCOCCO. The van der Waals surface area contributed by atoms with Crippen molar-refractivity contribution in [3.8, 4) is 0 Å². The fourth-order valence-electron chi connectivity index (χ4n) is 1.59. The second kappa shape index (κ2) is 5.51. The van der Waals surface area contributed by atoms with E-state index in [1.54, 1.807) is 6.20 Å². The van der Waals surface area contributed by atoms with Crippen molar-refractivity contribution in [2.24, 2.45) is 0 Å². The number of nitrogens with zero attached hydrogens (tertiary/aromatic N) is 1. The maximum absolute atomic E-state index is 8.54. The van der Waals surface area contributed by atoms with E-state index >= 15 is 0 Å². The number of hydrogen-bond acceptors (Lipinski definition) is 5. The number of aliphatic hydroxyl groups is 1. The number of ether oxygens (including phenoxy) is 1. The fourth-order valence-corrected chi connectivity index (χ4v) is 1.59. The summed E-state index contributed by atoms with van der Waals surface area (Å²) in [5.41, 5.74) is 8.38. The molecule has 0 unspecified atom stereocenters. The molecule has 0 atom stereocenters. The highest BCUT2D eigenvalue weighted by molar-refractivity contribution is 5.88. The minimum Gasteiger partial charge on any atom is -0.397 e. The quantitative estimate of drug-likeness (QED) is 0.434. The number of nitrogens with two attached hydrogens (primary N) is 1. The topological polar surface area (TPSA) is 96.2 Å². The molecule has 0 aliphatic rings. The zero-order valence-corrected chi connectivity index (χ0v) is 9.44. The molecule has 1 heterocycles. The van der Waals surface area contributed by atoms with Crippen LogP contribution in [0, 0.1) is 0 Å². The highest BCUT2D eigenvalue weighted by Gasteiger charge is 2.02. The molecule has 0 saturated carbocycles. The number of benzene rings is 1. The summed E-state index contributed by atoms with van der Waals surface area (Å²) in [6.07, 6.45) is 1.74. The van der Waals surface area contributed by atoms with Crippen LogP contribution in [0.2, 0.25) is 0 Å². The highest BCUT2D eigenvalue weighted by atomic mass is 16.5. The third kappa shape index (κ3) is 2.86. The zero-order valence-electron chi connectivity index (χ0n) is 9.44. The van der Waals surface area contributed by atoms with Crippen molar-refractivity contribution in [1.29, 1.82) is 0 Å². The van der Waals surface area contributed by atoms with Gasteiger partial charge in [0.1, 0.15) is 0 Å². The Bertz CT molecular complexity index is 483. The molecule has 2 aromatic rings. The van der Waals surface area contributed by atoms with Gasteiger partial charge in [-0.3, -0.25) is 5.10 Å². The van der Waals surface area contributed by atoms with E-state index in [9.17, 15) is 0 Å². The monoisotopic (exact) mass is 236 g/mol. The van der Waals surface area contributed by atoms with Gasteiger partial charge in [-0.05, 0) is 12.1 Å². The first-order chi connectivity index (χ1) is 8.31. The Hall–Kier alpha value is -1.79. The van der Waals surface area contributed by atoms with E-state index < -0.39 is 0 Å². The predicted octanol–water partition coefficient (Wildman–Crippen LogP) is 0.566. The molecule has 6 nitrogen and oxygen atoms in total. The maximum Gasteiger partial charge on any atom is 0.0698 e. The van der Waals surface area contributed by atoms with Gasteiger partial charge in [0.25, 0.3) is 0 Å². The summed E-state index contributed by atoms with van der Waals surface area (Å²) in [4.78, 5) is 0. The van der Waals surface area contributed by atoms with E-state index in [1.807, 2.05) is 12.1 Å². The number of fused-ring (bicyclic) bond motifs is 1. The minimum absolute atomic E-state index is 0.0439. The lowest BCUT2D eigenvalue weighted by molar-refractivity contribution is 0.0992. The lowest BCUT2D eigenvalue weighted by atomic mass is 10.2. The van der Waals surface area contributed by atoms with Crippen LogP contribution in [0.5, 0.6) is 0 Å². The van der Waals surface area contributed by atoms with Crippen LogP contribution in [0.25, 0.3) is 10.9 Å². The molecule has 5 N–H and O–H groups in total. The summed E-state index contributed by atoms with van der Waals surface area (Å²) in [6.45, 7) is 1.57. The highest BCUT2D eigenvalue weighted by Crippen LogP contribution is 2.24. The van der Waals surface area contributed by atoms with E-state index in [1.165, 1.54) is 0 Å². The Kier molecular flexibility index (Phi) is 3.79. The molecule has 0 saturated heterocycles. The lowest BCUT2D eigenvalue weighted by Gasteiger charge is -2.09. The lowest BCUT2D eigenvalue weighted by Crippen LogP contribution is -2.12. The fraction of sp³-hybridized carbons (Fsp3) is 0.364. The molecule has 0 spiro atoms. The van der Waals surface area contributed by atoms with Crippen molar-refractivity contribution in [1.82, 2.24) is 10.2 Å². The van der Waals surface area contributed by atoms with Crippen molar-refractivity contribution in [2.75, 3.05) is 37.4 Å². The van der Waals surface area contributed by atoms with Gasteiger partial charge < -0.3 is 20.9 Å². The maximum atomic E-state index is 8.54. The molecule has 0 aliphatic carbocycles.